The van der Waals surface area contributed by atoms with Gasteiger partial charge in [0.1, 0.15) is 5.82 Å². The zero-order valence-corrected chi connectivity index (χ0v) is 16.1. The van der Waals surface area contributed by atoms with Crippen LogP contribution in [0.5, 0.6) is 0 Å². The molecule has 1 aromatic carbocycles. The van der Waals surface area contributed by atoms with Crippen molar-refractivity contribution in [3.63, 3.8) is 0 Å². The second kappa shape index (κ2) is 9.16. The van der Waals surface area contributed by atoms with Crippen LogP contribution in [0.2, 0.25) is 0 Å². The Kier molecular flexibility index (Phi) is 6.41. The molecule has 0 atom stereocenters. The summed E-state index contributed by atoms with van der Waals surface area (Å²) in [5.74, 6) is 1.19. The van der Waals surface area contributed by atoms with Crippen LogP contribution in [0.3, 0.4) is 0 Å². The van der Waals surface area contributed by atoms with Gasteiger partial charge < -0.3 is 20.3 Å². The minimum atomic E-state index is -0.254. The van der Waals surface area contributed by atoms with Crippen LogP contribution in [-0.2, 0) is 4.74 Å². The van der Waals surface area contributed by atoms with Gasteiger partial charge in [-0.15, -0.1) is 0 Å². The number of ether oxygens (including phenoxy) is 1. The molecule has 3 rings (SSSR count). The van der Waals surface area contributed by atoms with Crippen LogP contribution in [0.4, 0.5) is 22.2 Å². The van der Waals surface area contributed by atoms with Gasteiger partial charge in [0.25, 0.3) is 0 Å². The molecule has 1 fully saturated rings. The van der Waals surface area contributed by atoms with E-state index in [-0.39, 0.29) is 17.9 Å². The molecule has 0 bridgehead atoms. The molecule has 1 aliphatic heterocycles. The van der Waals surface area contributed by atoms with Crippen LogP contribution in [0, 0.1) is 0 Å². The average Bonchev–Trinajstić information content (AvgIpc) is 2.69. The highest BCUT2D eigenvalue weighted by atomic mass is 16.6. The number of nitrogens with one attached hydrogen (secondary N) is 2. The minimum Gasteiger partial charge on any atom is -0.450 e. The number of piperidine rings is 1. The van der Waals surface area contributed by atoms with Crippen molar-refractivity contribution in [2.24, 2.45) is 0 Å². The summed E-state index contributed by atoms with van der Waals surface area (Å²) in [5.41, 5.74) is 1.44. The number of ketones is 1. The standard InChI is InChI=1S/C20H25N5O3/c1-3-28-20(27)25-11-8-16(9-12-25)23-19-21-10-7-18(24-19)22-17-6-4-5-15(13-17)14(2)26/h4-7,10,13,16H,3,8-9,11-12H2,1-2H3,(H2,21,22,23,24). The first-order valence-electron chi connectivity index (χ1n) is 9.44. The minimum absolute atomic E-state index is 0.0165. The van der Waals surface area contributed by atoms with Crippen LogP contribution < -0.4 is 10.6 Å². The molecule has 0 aliphatic carbocycles. The number of likely N-dealkylation sites (tertiary alicyclic amines) is 1. The normalized spacial score (nSPS) is 14.4. The van der Waals surface area contributed by atoms with Crippen LogP contribution in [0.1, 0.15) is 37.0 Å². The van der Waals surface area contributed by atoms with Crippen molar-refractivity contribution >= 4 is 29.3 Å². The zero-order chi connectivity index (χ0) is 19.9. The first-order chi connectivity index (χ1) is 13.5. The fourth-order valence-electron chi connectivity index (χ4n) is 3.07. The number of carbonyl (C=O) groups is 2. The molecule has 0 unspecified atom stereocenters. The SMILES string of the molecule is CCOC(=O)N1CCC(Nc2nccc(Nc3cccc(C(C)=O)c3)n2)CC1. The quantitative estimate of drug-likeness (QED) is 0.738. The summed E-state index contributed by atoms with van der Waals surface area (Å²) in [7, 11) is 0. The monoisotopic (exact) mass is 383 g/mol. The van der Waals surface area contributed by atoms with Crippen molar-refractivity contribution in [2.45, 2.75) is 32.7 Å². The average molecular weight is 383 g/mol. The summed E-state index contributed by atoms with van der Waals surface area (Å²) in [6.45, 7) is 5.03. The Morgan fingerprint density at radius 3 is 2.75 bits per heavy atom. The number of nitrogens with zero attached hydrogens (tertiary/aromatic N) is 3. The first kappa shape index (κ1) is 19.6. The number of rotatable bonds is 6. The summed E-state index contributed by atoms with van der Waals surface area (Å²) in [6.07, 6.45) is 3.04. The fourth-order valence-corrected chi connectivity index (χ4v) is 3.07. The fraction of sp³-hybridized carbons (Fsp3) is 0.400. The number of hydrogen-bond donors (Lipinski definition) is 2. The second-order valence-corrected chi connectivity index (χ2v) is 6.63. The van der Waals surface area contributed by atoms with E-state index in [4.69, 9.17) is 4.74 Å². The van der Waals surface area contributed by atoms with E-state index in [1.54, 1.807) is 43.1 Å². The van der Waals surface area contributed by atoms with Gasteiger partial charge in [-0.25, -0.2) is 9.78 Å². The predicted molar refractivity (Wildman–Crippen MR) is 107 cm³/mol. The predicted octanol–water partition coefficient (Wildman–Crippen LogP) is 3.46. The van der Waals surface area contributed by atoms with Gasteiger partial charge in [0.05, 0.1) is 6.61 Å². The second-order valence-electron chi connectivity index (χ2n) is 6.63. The van der Waals surface area contributed by atoms with E-state index in [0.29, 0.717) is 37.0 Å². The Hall–Kier alpha value is -3.16. The maximum Gasteiger partial charge on any atom is 0.409 e. The van der Waals surface area contributed by atoms with E-state index in [9.17, 15) is 9.59 Å². The van der Waals surface area contributed by atoms with Crippen molar-refractivity contribution in [1.29, 1.82) is 0 Å². The number of benzene rings is 1. The van der Waals surface area contributed by atoms with Gasteiger partial charge in [0, 0.05) is 36.6 Å². The summed E-state index contributed by atoms with van der Waals surface area (Å²) >= 11 is 0. The van der Waals surface area contributed by atoms with E-state index in [1.807, 2.05) is 12.1 Å². The lowest BCUT2D eigenvalue weighted by Gasteiger charge is -2.31. The summed E-state index contributed by atoms with van der Waals surface area (Å²) in [4.78, 5) is 33.8. The lowest BCUT2D eigenvalue weighted by molar-refractivity contribution is 0.0981. The van der Waals surface area contributed by atoms with Gasteiger partial charge in [-0.3, -0.25) is 4.79 Å². The van der Waals surface area contributed by atoms with Crippen LogP contribution in [-0.4, -0.2) is 52.5 Å². The van der Waals surface area contributed by atoms with Gasteiger partial charge in [0.2, 0.25) is 5.95 Å². The Morgan fingerprint density at radius 1 is 1.25 bits per heavy atom. The molecule has 0 spiro atoms. The Bertz CT molecular complexity index is 834. The van der Waals surface area contributed by atoms with E-state index < -0.39 is 0 Å². The molecule has 0 saturated carbocycles. The highest BCUT2D eigenvalue weighted by molar-refractivity contribution is 5.95. The summed E-state index contributed by atoms with van der Waals surface area (Å²) in [5, 5.41) is 6.53. The third kappa shape index (κ3) is 5.18. The highest BCUT2D eigenvalue weighted by Gasteiger charge is 2.23. The Balaban J connectivity index is 1.58. The zero-order valence-electron chi connectivity index (χ0n) is 16.1. The molecular formula is C20H25N5O3. The lowest BCUT2D eigenvalue weighted by Crippen LogP contribution is -2.42. The number of amides is 1. The number of aromatic nitrogens is 2. The van der Waals surface area contributed by atoms with Crippen molar-refractivity contribution in [3.05, 3.63) is 42.1 Å². The number of Topliss-reactive ketones (excluding diaryl/α,β-unsaturated/α-hetero) is 1. The van der Waals surface area contributed by atoms with Gasteiger partial charge in [-0.1, -0.05) is 12.1 Å². The van der Waals surface area contributed by atoms with Crippen LogP contribution in [0.15, 0.2) is 36.5 Å². The number of anilines is 3. The van der Waals surface area contributed by atoms with Gasteiger partial charge in [-0.2, -0.15) is 4.98 Å². The number of carbonyl (C=O) groups excluding carboxylic acids is 2. The number of hydrogen-bond acceptors (Lipinski definition) is 7. The third-order valence-corrected chi connectivity index (χ3v) is 4.55. The van der Waals surface area contributed by atoms with E-state index in [2.05, 4.69) is 20.6 Å². The molecule has 2 aromatic rings. The molecule has 2 N–H and O–H groups in total. The Labute approximate surface area is 164 Å². The molecule has 1 aliphatic rings. The van der Waals surface area contributed by atoms with Crippen LogP contribution >= 0.6 is 0 Å². The molecule has 148 valence electrons. The van der Waals surface area contributed by atoms with Gasteiger partial charge >= 0.3 is 6.09 Å². The molecule has 1 saturated heterocycles. The maximum absolute atomic E-state index is 11.8. The summed E-state index contributed by atoms with van der Waals surface area (Å²) < 4.78 is 5.04. The topological polar surface area (TPSA) is 96.5 Å². The van der Waals surface area contributed by atoms with Gasteiger partial charge in [-0.05, 0) is 44.9 Å². The Morgan fingerprint density at radius 2 is 2.04 bits per heavy atom. The molecule has 1 aromatic heterocycles. The van der Waals surface area contributed by atoms with Crippen molar-refractivity contribution in [2.75, 3.05) is 30.3 Å². The first-order valence-corrected chi connectivity index (χ1v) is 9.44. The third-order valence-electron chi connectivity index (χ3n) is 4.55. The van der Waals surface area contributed by atoms with Crippen molar-refractivity contribution in [1.82, 2.24) is 14.9 Å². The van der Waals surface area contributed by atoms with Gasteiger partial charge in [0.15, 0.2) is 5.78 Å². The van der Waals surface area contributed by atoms with E-state index in [0.717, 1.165) is 18.5 Å². The molecular weight excluding hydrogens is 358 g/mol. The smallest absolute Gasteiger partial charge is 0.409 e. The molecule has 1 amide bonds. The molecule has 28 heavy (non-hydrogen) atoms. The molecule has 2 heterocycles. The largest absolute Gasteiger partial charge is 0.450 e. The molecule has 8 nitrogen and oxygen atoms in total. The van der Waals surface area contributed by atoms with E-state index >= 15 is 0 Å². The highest BCUT2D eigenvalue weighted by Crippen LogP contribution is 2.19. The molecule has 8 heteroatoms. The lowest BCUT2D eigenvalue weighted by atomic mass is 10.1. The van der Waals surface area contributed by atoms with Crippen molar-refractivity contribution < 1.29 is 14.3 Å². The van der Waals surface area contributed by atoms with Crippen molar-refractivity contribution in [3.8, 4) is 0 Å². The van der Waals surface area contributed by atoms with E-state index in [1.165, 1.54) is 0 Å². The van der Waals surface area contributed by atoms with Crippen LogP contribution in [0.25, 0.3) is 0 Å². The molecule has 0 radical (unpaired) electrons. The summed E-state index contributed by atoms with van der Waals surface area (Å²) in [6, 6.07) is 9.26. The maximum atomic E-state index is 11.8.